The molecule has 0 unspecified atom stereocenters. The van der Waals surface area contributed by atoms with E-state index in [-0.39, 0.29) is 24.5 Å². The molecule has 2 atom stereocenters. The van der Waals surface area contributed by atoms with E-state index in [1.54, 1.807) is 30.0 Å². The van der Waals surface area contributed by atoms with Gasteiger partial charge in [-0.2, -0.15) is 0 Å². The van der Waals surface area contributed by atoms with Crippen LogP contribution in [-0.2, 0) is 20.9 Å². The maximum absolute atomic E-state index is 14.2. The van der Waals surface area contributed by atoms with Crippen LogP contribution in [-0.4, -0.2) is 60.3 Å². The first-order valence-electron chi connectivity index (χ1n) is 13.3. The van der Waals surface area contributed by atoms with Gasteiger partial charge in [-0.25, -0.2) is 4.68 Å². The lowest BCUT2D eigenvalue weighted by molar-refractivity contribution is -0.127. The Hall–Kier alpha value is -4.44. The van der Waals surface area contributed by atoms with E-state index < -0.39 is 6.04 Å². The van der Waals surface area contributed by atoms with Crippen LogP contribution in [0, 0.1) is 6.92 Å². The summed E-state index contributed by atoms with van der Waals surface area (Å²) in [6.45, 7) is 2.90. The number of methoxy groups -OCH3 is 2. The number of aryl methyl sites for hydroxylation is 1. The Balaban J connectivity index is 1.57. The van der Waals surface area contributed by atoms with Crippen molar-refractivity contribution in [3.8, 4) is 11.5 Å². The number of anilines is 1. The summed E-state index contributed by atoms with van der Waals surface area (Å²) >= 11 is 0. The van der Waals surface area contributed by atoms with Crippen LogP contribution in [0.3, 0.4) is 0 Å². The minimum absolute atomic E-state index is 0.0469. The van der Waals surface area contributed by atoms with E-state index in [1.165, 1.54) is 12.0 Å². The molecule has 4 aromatic rings. The van der Waals surface area contributed by atoms with Gasteiger partial charge in [0.25, 0.3) is 0 Å². The van der Waals surface area contributed by atoms with Gasteiger partial charge in [-0.05, 0) is 49.6 Å². The zero-order chi connectivity index (χ0) is 28.1. The quantitative estimate of drug-likeness (QED) is 0.324. The molecule has 0 spiro atoms. The van der Waals surface area contributed by atoms with Crippen molar-refractivity contribution >= 4 is 28.5 Å². The van der Waals surface area contributed by atoms with Crippen molar-refractivity contribution in [2.75, 3.05) is 32.3 Å². The lowest BCUT2D eigenvalue weighted by Gasteiger charge is -2.32. The Labute approximate surface area is 232 Å². The summed E-state index contributed by atoms with van der Waals surface area (Å²) in [5.74, 6) is 0.286. The number of fused-ring (bicyclic) bond motifs is 1. The van der Waals surface area contributed by atoms with Gasteiger partial charge in [0.2, 0.25) is 11.8 Å². The van der Waals surface area contributed by atoms with Crippen molar-refractivity contribution in [1.29, 1.82) is 0 Å². The minimum atomic E-state index is -0.970. The minimum Gasteiger partial charge on any atom is -0.493 e. The number of rotatable bonds is 10. The van der Waals surface area contributed by atoms with Crippen LogP contribution in [0.4, 0.5) is 5.69 Å². The van der Waals surface area contributed by atoms with Gasteiger partial charge in [0.1, 0.15) is 18.1 Å². The second kappa shape index (κ2) is 12.2. The number of nitrogens with zero attached hydrogens (tertiary/aromatic N) is 4. The van der Waals surface area contributed by atoms with Crippen molar-refractivity contribution in [2.24, 2.45) is 0 Å². The third kappa shape index (κ3) is 5.76. The first-order valence-corrected chi connectivity index (χ1v) is 13.3. The second-order valence-electron chi connectivity index (χ2n) is 9.73. The van der Waals surface area contributed by atoms with E-state index >= 15 is 0 Å². The van der Waals surface area contributed by atoms with Crippen LogP contribution in [0.1, 0.15) is 30.0 Å². The number of carbonyl (C=O) groups is 2. The number of ether oxygens (including phenoxy) is 3. The van der Waals surface area contributed by atoms with Crippen molar-refractivity contribution in [1.82, 2.24) is 20.3 Å². The first-order chi connectivity index (χ1) is 19.5. The van der Waals surface area contributed by atoms with E-state index in [0.29, 0.717) is 41.4 Å². The number of carbonyl (C=O) groups excluding carboxylic acids is 2. The molecule has 1 aliphatic rings. The molecule has 10 nitrogen and oxygen atoms in total. The number of aromatic nitrogens is 3. The Morgan fingerprint density at radius 2 is 1.85 bits per heavy atom. The summed E-state index contributed by atoms with van der Waals surface area (Å²) in [6, 6.07) is 19.2. The van der Waals surface area contributed by atoms with Gasteiger partial charge in [0, 0.05) is 24.9 Å². The van der Waals surface area contributed by atoms with E-state index in [4.69, 9.17) is 14.2 Å². The molecule has 2 heterocycles. The monoisotopic (exact) mass is 543 g/mol. The summed E-state index contributed by atoms with van der Waals surface area (Å²) in [4.78, 5) is 29.7. The zero-order valence-electron chi connectivity index (χ0n) is 22.9. The molecular weight excluding hydrogens is 510 g/mol. The first kappa shape index (κ1) is 27.1. The maximum atomic E-state index is 14.2. The number of hydrogen-bond acceptors (Lipinski definition) is 7. The molecule has 10 heteroatoms. The molecule has 0 saturated carbocycles. The fraction of sp³-hybridized carbons (Fsp3) is 0.333. The van der Waals surface area contributed by atoms with Crippen molar-refractivity contribution in [3.05, 3.63) is 77.9 Å². The Kier molecular flexibility index (Phi) is 8.26. The highest BCUT2D eigenvalue weighted by atomic mass is 16.5. The van der Waals surface area contributed by atoms with Crippen LogP contribution >= 0.6 is 0 Å². The highest BCUT2D eigenvalue weighted by molar-refractivity contribution is 6.01. The molecule has 1 fully saturated rings. The fourth-order valence-corrected chi connectivity index (χ4v) is 4.93. The highest BCUT2D eigenvalue weighted by Gasteiger charge is 2.34. The topological polar surface area (TPSA) is 108 Å². The molecule has 1 aliphatic heterocycles. The number of hydrogen-bond donors (Lipinski definition) is 1. The van der Waals surface area contributed by atoms with Gasteiger partial charge >= 0.3 is 0 Å². The SMILES string of the molecule is COc1ccc(N(C(=O)Cn2nnc3ccccc32)[C@@H](C(=O)NC[C@H]2CCCO2)c2ccc(C)cc2)cc1OC. The van der Waals surface area contributed by atoms with Gasteiger partial charge in [0.15, 0.2) is 11.5 Å². The van der Waals surface area contributed by atoms with Crippen LogP contribution in [0.15, 0.2) is 66.7 Å². The Morgan fingerprint density at radius 3 is 2.58 bits per heavy atom. The molecular formula is C30H33N5O5. The summed E-state index contributed by atoms with van der Waals surface area (Å²) in [6.07, 6.45) is 1.80. The molecule has 0 aliphatic carbocycles. The van der Waals surface area contributed by atoms with Gasteiger partial charge in [0.05, 0.1) is 25.8 Å². The molecule has 40 heavy (non-hydrogen) atoms. The van der Waals surface area contributed by atoms with E-state index in [9.17, 15) is 9.59 Å². The van der Waals surface area contributed by atoms with Crippen LogP contribution in [0.25, 0.3) is 11.0 Å². The summed E-state index contributed by atoms with van der Waals surface area (Å²) < 4.78 is 18.2. The molecule has 5 rings (SSSR count). The molecule has 1 N–H and O–H groups in total. The summed E-state index contributed by atoms with van der Waals surface area (Å²) in [7, 11) is 3.07. The van der Waals surface area contributed by atoms with Crippen LogP contribution < -0.4 is 19.7 Å². The predicted octanol–water partition coefficient (Wildman–Crippen LogP) is 3.83. The third-order valence-electron chi connectivity index (χ3n) is 7.05. The van der Waals surface area contributed by atoms with Gasteiger partial charge in [-0.3, -0.25) is 14.5 Å². The van der Waals surface area contributed by atoms with Crippen molar-refractivity contribution in [3.63, 3.8) is 0 Å². The number of nitrogens with one attached hydrogen (secondary N) is 1. The van der Waals surface area contributed by atoms with Crippen molar-refractivity contribution in [2.45, 2.75) is 38.5 Å². The molecule has 1 saturated heterocycles. The molecule has 2 amide bonds. The largest absolute Gasteiger partial charge is 0.493 e. The predicted molar refractivity (Wildman–Crippen MR) is 150 cm³/mol. The maximum Gasteiger partial charge on any atom is 0.249 e. The van der Waals surface area contributed by atoms with Crippen molar-refractivity contribution < 1.29 is 23.8 Å². The summed E-state index contributed by atoms with van der Waals surface area (Å²) in [5.41, 5.74) is 3.59. The number of para-hydroxylation sites is 1. The number of benzene rings is 3. The van der Waals surface area contributed by atoms with Crippen LogP contribution in [0.5, 0.6) is 11.5 Å². The van der Waals surface area contributed by atoms with Crippen LogP contribution in [0.2, 0.25) is 0 Å². The van der Waals surface area contributed by atoms with Gasteiger partial charge < -0.3 is 19.5 Å². The Morgan fingerprint density at radius 1 is 1.07 bits per heavy atom. The average molecular weight is 544 g/mol. The lowest BCUT2D eigenvalue weighted by Crippen LogP contribution is -2.46. The molecule has 208 valence electrons. The van der Waals surface area contributed by atoms with E-state index in [0.717, 1.165) is 23.9 Å². The second-order valence-corrected chi connectivity index (χ2v) is 9.73. The standard InChI is InChI=1S/C30H33N5O5/c1-20-10-12-21(13-11-20)29(30(37)31-18-23-7-6-16-40-23)35(22-14-15-26(38-2)27(17-22)39-3)28(36)19-34-25-9-5-4-8-24(25)32-33-34/h4-5,8-15,17,23,29H,6-7,16,18-19H2,1-3H3,(H,31,37)/t23-,29-/m1/s1. The van der Waals surface area contributed by atoms with Gasteiger partial charge in [-0.1, -0.05) is 47.2 Å². The van der Waals surface area contributed by atoms with Gasteiger partial charge in [-0.15, -0.1) is 5.10 Å². The fourth-order valence-electron chi connectivity index (χ4n) is 4.93. The smallest absolute Gasteiger partial charge is 0.249 e. The molecule has 0 radical (unpaired) electrons. The summed E-state index contributed by atoms with van der Waals surface area (Å²) in [5, 5.41) is 11.4. The molecule has 3 aromatic carbocycles. The Bertz CT molecular complexity index is 1480. The molecule has 0 bridgehead atoms. The normalized spacial score (nSPS) is 15.5. The lowest BCUT2D eigenvalue weighted by atomic mass is 10.0. The highest BCUT2D eigenvalue weighted by Crippen LogP contribution is 2.36. The third-order valence-corrected chi connectivity index (χ3v) is 7.05. The van der Waals surface area contributed by atoms with E-state index in [2.05, 4.69) is 15.6 Å². The average Bonchev–Trinajstić information content (AvgIpc) is 3.65. The number of amides is 2. The van der Waals surface area contributed by atoms with E-state index in [1.807, 2.05) is 55.5 Å². The zero-order valence-corrected chi connectivity index (χ0v) is 22.9. The molecule has 1 aromatic heterocycles.